The summed E-state index contributed by atoms with van der Waals surface area (Å²) in [4.78, 5) is 11.1. The van der Waals surface area contributed by atoms with Gasteiger partial charge in [0.1, 0.15) is 24.4 Å². The van der Waals surface area contributed by atoms with Gasteiger partial charge in [0.2, 0.25) is 15.8 Å². The van der Waals surface area contributed by atoms with E-state index in [9.17, 15) is 25.2 Å². The van der Waals surface area contributed by atoms with E-state index < -0.39 is 37.3 Å². The first-order valence-electron chi connectivity index (χ1n) is 7.93. The molecule has 0 bridgehead atoms. The Labute approximate surface area is 169 Å². The zero-order valence-corrected chi connectivity index (χ0v) is 16.8. The number of hydrogen-bond donors (Lipinski definition) is 4. The maximum absolute atomic E-state index is 11.1. The monoisotopic (exact) mass is 496 g/mol. The molecule has 0 unspecified atom stereocenters. The highest BCUT2D eigenvalue weighted by Gasteiger charge is 2.45. The van der Waals surface area contributed by atoms with Crippen LogP contribution in [-0.2, 0) is 9.53 Å². The van der Waals surface area contributed by atoms with Crippen LogP contribution in [0.25, 0.3) is 6.08 Å². The van der Waals surface area contributed by atoms with Gasteiger partial charge in [0.25, 0.3) is 0 Å². The van der Waals surface area contributed by atoms with Crippen molar-refractivity contribution in [2.24, 2.45) is 0 Å². The third-order valence-corrected chi connectivity index (χ3v) is 4.33. The summed E-state index contributed by atoms with van der Waals surface area (Å²) in [5, 5.41) is 39.1. The number of allylic oxidation sites excluding steroid dienone is 1. The average Bonchev–Trinajstić information content (AvgIpc) is 2.66. The molecule has 0 radical (unpaired) electrons. The Morgan fingerprint density at radius 2 is 1.74 bits per heavy atom. The highest BCUT2D eigenvalue weighted by Crippen LogP contribution is 2.40. The van der Waals surface area contributed by atoms with Crippen molar-refractivity contribution in [1.29, 1.82) is 0 Å². The lowest BCUT2D eigenvalue weighted by Crippen LogP contribution is -2.60. The summed E-state index contributed by atoms with van der Waals surface area (Å²) in [6.07, 6.45) is -4.21. The summed E-state index contributed by atoms with van der Waals surface area (Å²) in [6.45, 7) is -0.576. The van der Waals surface area contributed by atoms with E-state index >= 15 is 0 Å². The van der Waals surface area contributed by atoms with Crippen LogP contribution >= 0.6 is 22.6 Å². The number of halogens is 1. The topological polar surface area (TPSA) is 135 Å². The van der Waals surface area contributed by atoms with E-state index in [4.69, 9.17) is 18.9 Å². The van der Waals surface area contributed by atoms with Gasteiger partial charge in [0.15, 0.2) is 11.5 Å². The maximum atomic E-state index is 11.1. The fraction of sp³-hybridized carbons (Fsp3) is 0.471. The van der Waals surface area contributed by atoms with Crippen molar-refractivity contribution in [3.05, 3.63) is 23.8 Å². The van der Waals surface area contributed by atoms with Crippen molar-refractivity contribution in [2.45, 2.75) is 30.7 Å². The van der Waals surface area contributed by atoms with E-state index in [-0.39, 0.29) is 21.0 Å². The molecular formula is C17H21IO9. The van der Waals surface area contributed by atoms with Crippen LogP contribution < -0.4 is 14.2 Å². The second-order valence-corrected chi connectivity index (χ2v) is 6.77. The van der Waals surface area contributed by atoms with Gasteiger partial charge in [-0.2, -0.15) is 0 Å². The average molecular weight is 496 g/mol. The third kappa shape index (κ3) is 5.09. The van der Waals surface area contributed by atoms with Crippen LogP contribution in [-0.4, -0.2) is 75.7 Å². The molecule has 10 heteroatoms. The van der Waals surface area contributed by atoms with Crippen molar-refractivity contribution in [3.63, 3.8) is 0 Å². The van der Waals surface area contributed by atoms with Crippen molar-refractivity contribution >= 4 is 32.5 Å². The van der Waals surface area contributed by atoms with Gasteiger partial charge in [-0.3, -0.25) is 4.79 Å². The number of carbonyl (C=O) groups is 1. The van der Waals surface area contributed by atoms with Crippen LogP contribution in [0, 0.1) is 0 Å². The number of ether oxygens (including phenoxy) is 4. The standard InChI is InChI=1S/C17H21IO9/c1-24-9-5-8(3-4-12(18)20)6-10(25-2)16(9)27-17-15(23)14(22)13(21)11(7-19)26-17/h3-6,11,13-15,17,19,21-23H,7H2,1-2H3/t11-,13-,14+,15+,17+/m1/s1. The predicted molar refractivity (Wildman–Crippen MR) is 102 cm³/mol. The molecule has 1 aliphatic heterocycles. The Balaban J connectivity index is 2.35. The van der Waals surface area contributed by atoms with Crippen LogP contribution in [0.1, 0.15) is 5.56 Å². The summed E-state index contributed by atoms with van der Waals surface area (Å²) in [5.41, 5.74) is 0.606. The normalized spacial score (nSPS) is 28.2. The molecule has 150 valence electrons. The Hall–Kier alpha value is -1.44. The van der Waals surface area contributed by atoms with Gasteiger partial charge in [-0.05, 0) is 23.8 Å². The number of hydrogen-bond acceptors (Lipinski definition) is 9. The fourth-order valence-electron chi connectivity index (χ4n) is 2.56. The molecule has 1 aliphatic rings. The second-order valence-electron chi connectivity index (χ2n) is 5.71. The van der Waals surface area contributed by atoms with Crippen molar-refractivity contribution in [1.82, 2.24) is 0 Å². The molecule has 1 aromatic rings. The van der Waals surface area contributed by atoms with Gasteiger partial charge < -0.3 is 39.4 Å². The minimum Gasteiger partial charge on any atom is -0.493 e. The van der Waals surface area contributed by atoms with E-state index in [0.29, 0.717) is 5.56 Å². The molecule has 0 aromatic heterocycles. The number of aliphatic hydroxyl groups excluding tert-OH is 4. The number of rotatable bonds is 7. The minimum absolute atomic E-state index is 0.0854. The predicted octanol–water partition coefficient (Wildman–Crippen LogP) is -0.143. The Bertz CT molecular complexity index is 666. The van der Waals surface area contributed by atoms with Crippen molar-refractivity contribution < 1.29 is 44.2 Å². The minimum atomic E-state index is -1.58. The lowest BCUT2D eigenvalue weighted by Gasteiger charge is -2.39. The SMILES string of the molecule is COc1cc(C=CC(=O)I)cc(OC)c1O[C@@H]1O[C@H](CO)[C@@H](O)[C@H](O)[C@@H]1O. The summed E-state index contributed by atoms with van der Waals surface area (Å²) >= 11 is 1.64. The molecule has 2 rings (SSSR count). The Morgan fingerprint density at radius 3 is 2.22 bits per heavy atom. The number of carbonyl (C=O) groups excluding carboxylic acids is 1. The van der Waals surface area contributed by atoms with Gasteiger partial charge >= 0.3 is 0 Å². The van der Waals surface area contributed by atoms with Crippen LogP contribution in [0.5, 0.6) is 17.2 Å². The largest absolute Gasteiger partial charge is 0.493 e. The lowest BCUT2D eigenvalue weighted by molar-refractivity contribution is -0.277. The lowest BCUT2D eigenvalue weighted by atomic mass is 9.99. The van der Waals surface area contributed by atoms with Crippen LogP contribution in [0.15, 0.2) is 18.2 Å². The van der Waals surface area contributed by atoms with Crippen LogP contribution in [0.4, 0.5) is 0 Å². The molecule has 4 N–H and O–H groups in total. The molecule has 0 amide bonds. The molecule has 9 nitrogen and oxygen atoms in total. The molecule has 27 heavy (non-hydrogen) atoms. The second kappa shape index (κ2) is 9.66. The van der Waals surface area contributed by atoms with E-state index in [2.05, 4.69) is 0 Å². The molecule has 1 saturated heterocycles. The first-order chi connectivity index (χ1) is 12.8. The van der Waals surface area contributed by atoms with Crippen LogP contribution in [0.2, 0.25) is 0 Å². The summed E-state index contributed by atoms with van der Waals surface area (Å²) in [7, 11) is 2.79. The molecule has 0 saturated carbocycles. The van der Waals surface area contributed by atoms with Gasteiger partial charge in [0.05, 0.1) is 20.8 Å². The molecule has 0 spiro atoms. The molecule has 0 aliphatic carbocycles. The number of benzene rings is 1. The van der Waals surface area contributed by atoms with E-state index in [1.807, 2.05) is 0 Å². The summed E-state index contributed by atoms with van der Waals surface area (Å²) in [5.74, 6) is 0.543. The molecule has 5 atom stereocenters. The van der Waals surface area contributed by atoms with E-state index in [1.54, 1.807) is 40.8 Å². The van der Waals surface area contributed by atoms with E-state index in [1.165, 1.54) is 20.3 Å². The zero-order chi connectivity index (χ0) is 20.1. The summed E-state index contributed by atoms with van der Waals surface area (Å²) < 4.78 is 21.4. The third-order valence-electron chi connectivity index (χ3n) is 3.97. The van der Waals surface area contributed by atoms with Gasteiger partial charge in [-0.15, -0.1) is 0 Å². The Kier molecular flexibility index (Phi) is 7.82. The zero-order valence-electron chi connectivity index (χ0n) is 14.6. The quantitative estimate of drug-likeness (QED) is 0.231. The van der Waals surface area contributed by atoms with Crippen LogP contribution in [0.3, 0.4) is 0 Å². The smallest absolute Gasteiger partial charge is 0.229 e. The first-order valence-corrected chi connectivity index (χ1v) is 9.01. The molecule has 1 fully saturated rings. The fourth-order valence-corrected chi connectivity index (χ4v) is 2.73. The highest BCUT2D eigenvalue weighted by molar-refractivity contribution is 14.1. The van der Waals surface area contributed by atoms with E-state index in [0.717, 1.165) is 0 Å². The molecule has 1 heterocycles. The molecule has 1 aromatic carbocycles. The first kappa shape index (κ1) is 21.9. The van der Waals surface area contributed by atoms with Crippen molar-refractivity contribution in [2.75, 3.05) is 20.8 Å². The number of methoxy groups -OCH3 is 2. The van der Waals surface area contributed by atoms with Gasteiger partial charge in [0, 0.05) is 22.6 Å². The Morgan fingerprint density at radius 1 is 1.15 bits per heavy atom. The number of aliphatic hydroxyl groups is 4. The summed E-state index contributed by atoms with van der Waals surface area (Å²) in [6, 6.07) is 3.16. The highest BCUT2D eigenvalue weighted by atomic mass is 127. The van der Waals surface area contributed by atoms with Gasteiger partial charge in [-0.25, -0.2) is 0 Å². The maximum Gasteiger partial charge on any atom is 0.229 e. The molecular weight excluding hydrogens is 475 g/mol. The van der Waals surface area contributed by atoms with Crippen molar-refractivity contribution in [3.8, 4) is 17.2 Å². The van der Waals surface area contributed by atoms with Gasteiger partial charge in [-0.1, -0.05) is 6.08 Å².